The van der Waals surface area contributed by atoms with E-state index in [4.69, 9.17) is 4.42 Å². The zero-order valence-corrected chi connectivity index (χ0v) is 12.8. The normalized spacial score (nSPS) is 27.1. The molecule has 1 aromatic heterocycles. The van der Waals surface area contributed by atoms with Gasteiger partial charge < -0.3 is 9.73 Å². The van der Waals surface area contributed by atoms with E-state index in [0.717, 1.165) is 44.4 Å². The lowest BCUT2D eigenvalue weighted by atomic mass is 10.3. The highest BCUT2D eigenvalue weighted by atomic mass is 16.3. The van der Waals surface area contributed by atoms with Crippen LogP contribution in [0.15, 0.2) is 16.5 Å². The Morgan fingerprint density at radius 3 is 2.80 bits per heavy atom. The highest BCUT2D eigenvalue weighted by Crippen LogP contribution is 2.47. The molecule has 0 aromatic carbocycles. The summed E-state index contributed by atoms with van der Waals surface area (Å²) in [5.74, 6) is 3.82. The third-order valence-electron chi connectivity index (χ3n) is 4.59. The lowest BCUT2D eigenvalue weighted by molar-refractivity contribution is 0.196. The summed E-state index contributed by atoms with van der Waals surface area (Å²) in [6.07, 6.45) is 1.30. The van der Waals surface area contributed by atoms with Gasteiger partial charge in [-0.25, -0.2) is 0 Å². The minimum Gasteiger partial charge on any atom is -0.464 e. The van der Waals surface area contributed by atoms with Crippen molar-refractivity contribution < 1.29 is 4.42 Å². The van der Waals surface area contributed by atoms with Gasteiger partial charge in [-0.1, -0.05) is 6.92 Å². The van der Waals surface area contributed by atoms with E-state index in [1.165, 1.54) is 25.3 Å². The van der Waals surface area contributed by atoms with Gasteiger partial charge in [0.2, 0.25) is 0 Å². The number of rotatable bonds is 6. The largest absolute Gasteiger partial charge is 0.464 e. The molecule has 1 aliphatic carbocycles. The SMILES string of the molecule is CC1CC1c1ccc(CN(C)CCN2CCNCC2)o1. The summed E-state index contributed by atoms with van der Waals surface area (Å²) in [6.45, 7) is 10.1. The van der Waals surface area contributed by atoms with Crippen molar-refractivity contribution in [3.63, 3.8) is 0 Å². The van der Waals surface area contributed by atoms with E-state index in [2.05, 4.69) is 41.2 Å². The second-order valence-corrected chi connectivity index (χ2v) is 6.45. The van der Waals surface area contributed by atoms with Crippen LogP contribution in [0.2, 0.25) is 0 Å². The fourth-order valence-electron chi connectivity index (χ4n) is 2.99. The molecular weight excluding hydrogens is 250 g/mol. The van der Waals surface area contributed by atoms with Crippen molar-refractivity contribution in [2.75, 3.05) is 46.3 Å². The summed E-state index contributed by atoms with van der Waals surface area (Å²) >= 11 is 0. The molecule has 1 N–H and O–H groups in total. The summed E-state index contributed by atoms with van der Waals surface area (Å²) in [4.78, 5) is 4.90. The second-order valence-electron chi connectivity index (χ2n) is 6.45. The predicted octanol–water partition coefficient (Wildman–Crippen LogP) is 1.74. The van der Waals surface area contributed by atoms with Crippen molar-refractivity contribution in [3.05, 3.63) is 23.7 Å². The zero-order chi connectivity index (χ0) is 13.9. The van der Waals surface area contributed by atoms with Crippen molar-refractivity contribution >= 4 is 0 Å². The van der Waals surface area contributed by atoms with Crippen LogP contribution in [0.3, 0.4) is 0 Å². The molecule has 0 spiro atoms. The van der Waals surface area contributed by atoms with Crippen LogP contribution in [0.25, 0.3) is 0 Å². The summed E-state index contributed by atoms with van der Waals surface area (Å²) in [5.41, 5.74) is 0. The van der Waals surface area contributed by atoms with Crippen molar-refractivity contribution in [2.45, 2.75) is 25.8 Å². The first kappa shape index (κ1) is 14.1. The third-order valence-corrected chi connectivity index (χ3v) is 4.59. The molecular formula is C16H27N3O. The summed E-state index contributed by atoms with van der Waals surface area (Å²) in [6, 6.07) is 4.33. The van der Waals surface area contributed by atoms with Gasteiger partial charge in [-0.15, -0.1) is 0 Å². The first-order valence-corrected chi connectivity index (χ1v) is 7.92. The molecule has 4 heteroatoms. The van der Waals surface area contributed by atoms with Gasteiger partial charge in [0.15, 0.2) is 0 Å². The summed E-state index contributed by atoms with van der Waals surface area (Å²) < 4.78 is 5.98. The molecule has 2 atom stereocenters. The molecule has 2 heterocycles. The average molecular weight is 277 g/mol. The molecule has 1 aliphatic heterocycles. The van der Waals surface area contributed by atoms with E-state index in [1.807, 2.05) is 0 Å². The lowest BCUT2D eigenvalue weighted by Crippen LogP contribution is -2.45. The minimum atomic E-state index is 0.690. The Balaban J connectivity index is 1.41. The summed E-state index contributed by atoms with van der Waals surface area (Å²) in [5, 5.41) is 3.39. The Bertz CT molecular complexity index is 425. The monoisotopic (exact) mass is 277 g/mol. The van der Waals surface area contributed by atoms with E-state index in [-0.39, 0.29) is 0 Å². The minimum absolute atomic E-state index is 0.690. The van der Waals surface area contributed by atoms with Crippen LogP contribution in [0, 0.1) is 5.92 Å². The number of nitrogens with one attached hydrogen (secondary N) is 1. The first-order valence-electron chi connectivity index (χ1n) is 7.92. The molecule has 2 aliphatic rings. The molecule has 0 bridgehead atoms. The van der Waals surface area contributed by atoms with Crippen LogP contribution in [0.1, 0.15) is 30.8 Å². The van der Waals surface area contributed by atoms with Gasteiger partial charge in [-0.05, 0) is 31.5 Å². The fraction of sp³-hybridized carbons (Fsp3) is 0.750. The fourth-order valence-corrected chi connectivity index (χ4v) is 2.99. The number of nitrogens with zero attached hydrogens (tertiary/aromatic N) is 2. The molecule has 2 unspecified atom stereocenters. The Kier molecular flexibility index (Phi) is 4.44. The van der Waals surface area contributed by atoms with Gasteiger partial charge in [0.05, 0.1) is 6.54 Å². The Hall–Kier alpha value is -0.840. The third kappa shape index (κ3) is 3.62. The van der Waals surface area contributed by atoms with Gasteiger partial charge >= 0.3 is 0 Å². The van der Waals surface area contributed by atoms with Gasteiger partial charge in [0.1, 0.15) is 11.5 Å². The highest BCUT2D eigenvalue weighted by Gasteiger charge is 2.36. The number of piperazine rings is 1. The first-order chi connectivity index (χ1) is 9.72. The molecule has 4 nitrogen and oxygen atoms in total. The maximum Gasteiger partial charge on any atom is 0.118 e. The molecule has 20 heavy (non-hydrogen) atoms. The van der Waals surface area contributed by atoms with Crippen LogP contribution >= 0.6 is 0 Å². The smallest absolute Gasteiger partial charge is 0.118 e. The molecule has 1 saturated heterocycles. The molecule has 0 amide bonds. The second kappa shape index (κ2) is 6.29. The number of hydrogen-bond donors (Lipinski definition) is 1. The molecule has 2 fully saturated rings. The standard InChI is InChI=1S/C16H27N3O/c1-13-11-15(13)16-4-3-14(20-16)12-18(2)9-10-19-7-5-17-6-8-19/h3-4,13,15,17H,5-12H2,1-2H3. The maximum absolute atomic E-state index is 5.98. The molecule has 0 radical (unpaired) electrons. The Morgan fingerprint density at radius 2 is 2.10 bits per heavy atom. The van der Waals surface area contributed by atoms with E-state index in [0.29, 0.717) is 5.92 Å². The number of likely N-dealkylation sites (N-methyl/N-ethyl adjacent to an activating group) is 1. The van der Waals surface area contributed by atoms with Gasteiger partial charge in [-0.3, -0.25) is 9.80 Å². The number of furan rings is 1. The zero-order valence-electron chi connectivity index (χ0n) is 12.8. The van der Waals surface area contributed by atoms with Gasteiger partial charge in [-0.2, -0.15) is 0 Å². The van der Waals surface area contributed by atoms with E-state index in [1.54, 1.807) is 0 Å². The molecule has 112 valence electrons. The van der Waals surface area contributed by atoms with Crippen LogP contribution in [-0.4, -0.2) is 56.1 Å². The molecule has 1 saturated carbocycles. The van der Waals surface area contributed by atoms with Crippen molar-refractivity contribution in [3.8, 4) is 0 Å². The quantitative estimate of drug-likeness (QED) is 0.858. The van der Waals surface area contributed by atoms with Crippen LogP contribution in [0.4, 0.5) is 0 Å². The van der Waals surface area contributed by atoms with Gasteiger partial charge in [0.25, 0.3) is 0 Å². The van der Waals surface area contributed by atoms with Crippen molar-refractivity contribution in [2.24, 2.45) is 5.92 Å². The van der Waals surface area contributed by atoms with Gasteiger partial charge in [0, 0.05) is 45.2 Å². The van der Waals surface area contributed by atoms with Crippen molar-refractivity contribution in [1.29, 1.82) is 0 Å². The van der Waals surface area contributed by atoms with Crippen LogP contribution < -0.4 is 5.32 Å². The molecule has 1 aromatic rings. The average Bonchev–Trinajstić information content (AvgIpc) is 3.01. The van der Waals surface area contributed by atoms with E-state index >= 15 is 0 Å². The highest BCUT2D eigenvalue weighted by molar-refractivity contribution is 5.17. The molecule has 3 rings (SSSR count). The lowest BCUT2D eigenvalue weighted by Gasteiger charge is -2.28. The van der Waals surface area contributed by atoms with E-state index in [9.17, 15) is 0 Å². The Labute approximate surface area is 122 Å². The van der Waals surface area contributed by atoms with Crippen molar-refractivity contribution in [1.82, 2.24) is 15.1 Å². The maximum atomic E-state index is 5.98. The summed E-state index contributed by atoms with van der Waals surface area (Å²) in [7, 11) is 2.18. The predicted molar refractivity (Wildman–Crippen MR) is 80.9 cm³/mol. The topological polar surface area (TPSA) is 31.6 Å². The van der Waals surface area contributed by atoms with Crippen LogP contribution in [-0.2, 0) is 6.54 Å². The number of hydrogen-bond acceptors (Lipinski definition) is 4. The van der Waals surface area contributed by atoms with E-state index < -0.39 is 0 Å². The van der Waals surface area contributed by atoms with Crippen LogP contribution in [0.5, 0.6) is 0 Å². The Morgan fingerprint density at radius 1 is 1.35 bits per heavy atom.